The summed E-state index contributed by atoms with van der Waals surface area (Å²) in [7, 11) is 0. The van der Waals surface area contributed by atoms with Gasteiger partial charge in [0.25, 0.3) is 0 Å². The summed E-state index contributed by atoms with van der Waals surface area (Å²) in [5.41, 5.74) is 4.72. The summed E-state index contributed by atoms with van der Waals surface area (Å²) in [6.45, 7) is 2.07. The zero-order valence-corrected chi connectivity index (χ0v) is 10.3. The van der Waals surface area contributed by atoms with Crippen molar-refractivity contribution in [3.8, 4) is 0 Å². The average molecular weight is 234 g/mol. The third kappa shape index (κ3) is 2.09. The van der Waals surface area contributed by atoms with Crippen LogP contribution in [0.3, 0.4) is 0 Å². The van der Waals surface area contributed by atoms with Crippen molar-refractivity contribution in [2.45, 2.75) is 13.3 Å². The first kappa shape index (κ1) is 10.9. The van der Waals surface area contributed by atoms with Crippen LogP contribution >= 0.6 is 0 Å². The van der Waals surface area contributed by atoms with E-state index in [0.29, 0.717) is 0 Å². The molecule has 2 nitrogen and oxygen atoms in total. The molecule has 0 saturated carbocycles. The first-order valence-electron chi connectivity index (χ1n) is 6.08. The van der Waals surface area contributed by atoms with Gasteiger partial charge in [-0.25, -0.2) is 0 Å². The van der Waals surface area contributed by atoms with E-state index in [1.807, 2.05) is 12.3 Å². The highest BCUT2D eigenvalue weighted by Gasteiger charge is 2.04. The molecule has 0 aliphatic heterocycles. The van der Waals surface area contributed by atoms with Crippen LogP contribution in [0.1, 0.15) is 16.7 Å². The molecular formula is C16H14N2. The predicted octanol–water partition coefficient (Wildman–Crippen LogP) is 3.53. The van der Waals surface area contributed by atoms with Gasteiger partial charge in [-0.15, -0.1) is 0 Å². The van der Waals surface area contributed by atoms with Gasteiger partial charge in [0.2, 0.25) is 0 Å². The molecule has 3 aromatic rings. The molecule has 2 aromatic carbocycles. The highest BCUT2D eigenvalue weighted by molar-refractivity contribution is 5.82. The summed E-state index contributed by atoms with van der Waals surface area (Å²) in [6.07, 6.45) is 2.76. The smallest absolute Gasteiger partial charge is 0.0935 e. The van der Waals surface area contributed by atoms with E-state index in [4.69, 9.17) is 0 Å². The van der Waals surface area contributed by atoms with Gasteiger partial charge in [-0.3, -0.25) is 0 Å². The van der Waals surface area contributed by atoms with Crippen molar-refractivity contribution in [2.24, 2.45) is 0 Å². The molecule has 0 spiro atoms. The normalized spacial score (nSPS) is 10.7. The molecule has 0 unspecified atom stereocenters. The van der Waals surface area contributed by atoms with Gasteiger partial charge in [-0.2, -0.15) is 10.2 Å². The number of hydrogen-bond acceptors (Lipinski definition) is 2. The molecule has 18 heavy (non-hydrogen) atoms. The first-order valence-corrected chi connectivity index (χ1v) is 6.08. The summed E-state index contributed by atoms with van der Waals surface area (Å²) < 4.78 is 0. The molecule has 0 aliphatic carbocycles. The maximum absolute atomic E-state index is 4.19. The molecule has 0 bridgehead atoms. The van der Waals surface area contributed by atoms with Gasteiger partial charge in [-0.1, -0.05) is 42.5 Å². The molecule has 0 atom stereocenters. The third-order valence-corrected chi connectivity index (χ3v) is 3.12. The largest absolute Gasteiger partial charge is 0.158 e. The summed E-state index contributed by atoms with van der Waals surface area (Å²) in [4.78, 5) is 0. The average Bonchev–Trinajstić information content (AvgIpc) is 2.40. The Kier molecular flexibility index (Phi) is 2.77. The van der Waals surface area contributed by atoms with E-state index in [1.54, 1.807) is 0 Å². The van der Waals surface area contributed by atoms with Crippen molar-refractivity contribution in [3.05, 3.63) is 71.4 Å². The molecule has 0 radical (unpaired) electrons. The van der Waals surface area contributed by atoms with Crippen molar-refractivity contribution in [1.29, 1.82) is 0 Å². The third-order valence-electron chi connectivity index (χ3n) is 3.12. The second-order valence-corrected chi connectivity index (χ2v) is 4.55. The Morgan fingerprint density at radius 1 is 1.00 bits per heavy atom. The lowest BCUT2D eigenvalue weighted by atomic mass is 10.0. The van der Waals surface area contributed by atoms with Gasteiger partial charge < -0.3 is 0 Å². The topological polar surface area (TPSA) is 25.8 Å². The lowest BCUT2D eigenvalue weighted by Crippen LogP contribution is -1.94. The van der Waals surface area contributed by atoms with Crippen LogP contribution in [0.4, 0.5) is 0 Å². The van der Waals surface area contributed by atoms with Crippen LogP contribution in [-0.2, 0) is 6.42 Å². The summed E-state index contributed by atoms with van der Waals surface area (Å²) >= 11 is 0. The number of benzene rings is 2. The molecule has 1 heterocycles. The number of fused-ring (bicyclic) bond motifs is 1. The van der Waals surface area contributed by atoms with Crippen LogP contribution in [0, 0.1) is 6.92 Å². The molecule has 2 heteroatoms. The molecule has 3 rings (SSSR count). The van der Waals surface area contributed by atoms with Crippen LogP contribution in [0.25, 0.3) is 10.9 Å². The Hall–Kier alpha value is -2.22. The highest BCUT2D eigenvalue weighted by atomic mass is 15.1. The molecular weight excluding hydrogens is 220 g/mol. The van der Waals surface area contributed by atoms with Gasteiger partial charge in [-0.05, 0) is 36.1 Å². The Labute approximate surface area is 106 Å². The standard InChI is InChI=1S/C16H14N2/c1-12-7-8-15-14(11-17-18-16(15)9-12)10-13-5-3-2-4-6-13/h2-9,11H,10H2,1H3. The van der Waals surface area contributed by atoms with Crippen LogP contribution in [0.2, 0.25) is 0 Å². The van der Waals surface area contributed by atoms with Crippen LogP contribution in [0.5, 0.6) is 0 Å². The monoisotopic (exact) mass is 234 g/mol. The van der Waals surface area contributed by atoms with Crippen molar-refractivity contribution in [1.82, 2.24) is 10.2 Å². The van der Waals surface area contributed by atoms with E-state index in [9.17, 15) is 0 Å². The van der Waals surface area contributed by atoms with Crippen LogP contribution in [-0.4, -0.2) is 10.2 Å². The molecule has 88 valence electrons. The number of hydrogen-bond donors (Lipinski definition) is 0. The highest BCUT2D eigenvalue weighted by Crippen LogP contribution is 2.19. The van der Waals surface area contributed by atoms with Gasteiger partial charge >= 0.3 is 0 Å². The van der Waals surface area contributed by atoms with Crippen LogP contribution < -0.4 is 0 Å². The minimum Gasteiger partial charge on any atom is -0.158 e. The molecule has 0 amide bonds. The second kappa shape index (κ2) is 4.57. The van der Waals surface area contributed by atoms with E-state index >= 15 is 0 Å². The summed E-state index contributed by atoms with van der Waals surface area (Å²) in [6, 6.07) is 16.8. The maximum atomic E-state index is 4.19. The Morgan fingerprint density at radius 3 is 2.67 bits per heavy atom. The van der Waals surface area contributed by atoms with E-state index in [1.165, 1.54) is 22.1 Å². The quantitative estimate of drug-likeness (QED) is 0.678. The Morgan fingerprint density at radius 2 is 1.83 bits per heavy atom. The van der Waals surface area contributed by atoms with Gasteiger partial charge in [0.15, 0.2) is 0 Å². The van der Waals surface area contributed by atoms with Crippen molar-refractivity contribution in [3.63, 3.8) is 0 Å². The zero-order valence-electron chi connectivity index (χ0n) is 10.3. The van der Waals surface area contributed by atoms with Crippen molar-refractivity contribution < 1.29 is 0 Å². The lowest BCUT2D eigenvalue weighted by molar-refractivity contribution is 1.04. The fraction of sp³-hybridized carbons (Fsp3) is 0.125. The number of aryl methyl sites for hydroxylation is 1. The molecule has 0 saturated heterocycles. The fourth-order valence-electron chi connectivity index (χ4n) is 2.18. The minimum absolute atomic E-state index is 0.899. The lowest BCUT2D eigenvalue weighted by Gasteiger charge is -2.05. The Bertz CT molecular complexity index is 675. The van der Waals surface area contributed by atoms with E-state index in [0.717, 1.165) is 11.9 Å². The first-order chi connectivity index (χ1) is 8.83. The SMILES string of the molecule is Cc1ccc2c(Cc3ccccc3)cnnc2c1. The van der Waals surface area contributed by atoms with E-state index < -0.39 is 0 Å². The minimum atomic E-state index is 0.899. The number of nitrogens with zero attached hydrogens (tertiary/aromatic N) is 2. The Balaban J connectivity index is 2.07. The van der Waals surface area contributed by atoms with Crippen molar-refractivity contribution >= 4 is 10.9 Å². The molecule has 0 aliphatic rings. The maximum Gasteiger partial charge on any atom is 0.0935 e. The fourth-order valence-corrected chi connectivity index (χ4v) is 2.18. The zero-order chi connectivity index (χ0) is 12.4. The number of rotatable bonds is 2. The molecule has 1 aromatic heterocycles. The van der Waals surface area contributed by atoms with Crippen molar-refractivity contribution in [2.75, 3.05) is 0 Å². The van der Waals surface area contributed by atoms with Gasteiger partial charge in [0, 0.05) is 5.39 Å². The number of aromatic nitrogens is 2. The summed E-state index contributed by atoms with van der Waals surface area (Å²) in [5.74, 6) is 0. The van der Waals surface area contributed by atoms with Gasteiger partial charge in [0.1, 0.15) is 0 Å². The molecule has 0 fully saturated rings. The second-order valence-electron chi connectivity index (χ2n) is 4.55. The molecule has 0 N–H and O–H groups in total. The van der Waals surface area contributed by atoms with Gasteiger partial charge in [0.05, 0.1) is 11.7 Å². The van der Waals surface area contributed by atoms with Crippen LogP contribution in [0.15, 0.2) is 54.7 Å². The van der Waals surface area contributed by atoms with E-state index in [-0.39, 0.29) is 0 Å². The predicted molar refractivity (Wildman–Crippen MR) is 73.5 cm³/mol. The van der Waals surface area contributed by atoms with E-state index in [2.05, 4.69) is 59.6 Å². The summed E-state index contributed by atoms with van der Waals surface area (Å²) in [5, 5.41) is 9.49.